The number of nitrogens with zero attached hydrogens (tertiary/aromatic N) is 3. The summed E-state index contributed by atoms with van der Waals surface area (Å²) < 4.78 is 1.56. The van der Waals surface area contributed by atoms with Crippen LogP contribution in [0.3, 0.4) is 0 Å². The summed E-state index contributed by atoms with van der Waals surface area (Å²) >= 11 is 0. The fraction of sp³-hybridized carbons (Fsp3) is 0.167. The van der Waals surface area contributed by atoms with Crippen LogP contribution in [0.5, 0.6) is 0 Å². The zero-order valence-electron chi connectivity index (χ0n) is 10.8. The Labute approximate surface area is 113 Å². The largest absolute Gasteiger partial charge is 0.478 e. The molecule has 20 heavy (non-hydrogen) atoms. The Kier molecular flexibility index (Phi) is 3.38. The molecule has 2 rings (SSSR count). The lowest BCUT2D eigenvalue weighted by atomic mass is 10.2. The molecule has 104 valence electrons. The van der Waals surface area contributed by atoms with Crippen LogP contribution in [0.1, 0.15) is 16.2 Å². The number of imidazole rings is 1. The number of nitrogens with one attached hydrogen (secondary N) is 1. The van der Waals surface area contributed by atoms with Crippen LogP contribution in [0.2, 0.25) is 0 Å². The average molecular weight is 276 g/mol. The third-order valence-electron chi connectivity index (χ3n) is 2.87. The Hall–Kier alpha value is -2.90. The number of hydrogen-bond donors (Lipinski definition) is 2. The fourth-order valence-corrected chi connectivity index (χ4v) is 1.69. The molecule has 0 amide bonds. The van der Waals surface area contributed by atoms with Crippen LogP contribution in [0.15, 0.2) is 24.3 Å². The number of aromatic carboxylic acids is 1. The van der Waals surface area contributed by atoms with Gasteiger partial charge in [-0.2, -0.15) is 0 Å². The first-order valence-electron chi connectivity index (χ1n) is 5.68. The maximum absolute atomic E-state index is 10.9. The number of rotatable bonds is 4. The number of benzene rings is 1. The number of aromatic nitrogens is 2. The lowest BCUT2D eigenvalue weighted by molar-refractivity contribution is -0.388. The van der Waals surface area contributed by atoms with Crippen molar-refractivity contribution < 1.29 is 14.8 Å². The minimum Gasteiger partial charge on any atom is -0.478 e. The minimum atomic E-state index is -1.03. The molecule has 1 heterocycles. The van der Waals surface area contributed by atoms with Gasteiger partial charge in [-0.1, -0.05) is 0 Å². The van der Waals surface area contributed by atoms with Gasteiger partial charge >= 0.3 is 11.8 Å². The van der Waals surface area contributed by atoms with E-state index in [1.807, 2.05) is 0 Å². The maximum atomic E-state index is 10.9. The van der Waals surface area contributed by atoms with Crippen LogP contribution >= 0.6 is 0 Å². The fourth-order valence-electron chi connectivity index (χ4n) is 1.69. The quantitative estimate of drug-likeness (QED) is 0.653. The third-order valence-corrected chi connectivity index (χ3v) is 2.87. The van der Waals surface area contributed by atoms with Crippen LogP contribution < -0.4 is 5.32 Å². The van der Waals surface area contributed by atoms with Gasteiger partial charge in [0.25, 0.3) is 0 Å². The van der Waals surface area contributed by atoms with Gasteiger partial charge in [-0.15, -0.1) is 0 Å². The molecular formula is C12H12N4O4. The van der Waals surface area contributed by atoms with E-state index in [4.69, 9.17) is 5.11 Å². The molecule has 0 fully saturated rings. The predicted molar refractivity (Wildman–Crippen MR) is 71.3 cm³/mol. The van der Waals surface area contributed by atoms with E-state index in [9.17, 15) is 14.9 Å². The maximum Gasteiger partial charge on any atom is 0.407 e. The van der Waals surface area contributed by atoms with Crippen LogP contribution in [0, 0.1) is 17.0 Å². The summed E-state index contributed by atoms with van der Waals surface area (Å²) in [5, 5.41) is 22.6. The molecule has 0 saturated heterocycles. The molecule has 0 radical (unpaired) electrons. The molecule has 0 saturated carbocycles. The van der Waals surface area contributed by atoms with Crippen molar-refractivity contribution in [1.29, 1.82) is 0 Å². The molecule has 8 nitrogen and oxygen atoms in total. The number of aryl methyl sites for hydroxylation is 1. The van der Waals surface area contributed by atoms with E-state index in [1.165, 1.54) is 24.3 Å². The molecular weight excluding hydrogens is 264 g/mol. The van der Waals surface area contributed by atoms with Gasteiger partial charge in [0.2, 0.25) is 11.6 Å². The topological polar surface area (TPSA) is 110 Å². The van der Waals surface area contributed by atoms with E-state index in [2.05, 4.69) is 10.3 Å². The SMILES string of the molecule is Cc1nc([N+](=O)[O-])c(Nc2ccc(C(=O)O)cc2)n1C. The van der Waals surface area contributed by atoms with E-state index in [1.54, 1.807) is 18.5 Å². The van der Waals surface area contributed by atoms with E-state index < -0.39 is 10.9 Å². The van der Waals surface area contributed by atoms with Crippen LogP contribution in [0.4, 0.5) is 17.3 Å². The van der Waals surface area contributed by atoms with Crippen molar-refractivity contribution >= 4 is 23.3 Å². The Balaban J connectivity index is 2.34. The second-order valence-corrected chi connectivity index (χ2v) is 4.15. The second-order valence-electron chi connectivity index (χ2n) is 4.15. The van der Waals surface area contributed by atoms with Gasteiger partial charge in [0.15, 0.2) is 0 Å². The van der Waals surface area contributed by atoms with Crippen molar-refractivity contribution in [3.8, 4) is 0 Å². The normalized spacial score (nSPS) is 10.3. The van der Waals surface area contributed by atoms with Gasteiger partial charge in [-0.3, -0.25) is 4.57 Å². The van der Waals surface area contributed by atoms with E-state index >= 15 is 0 Å². The first kappa shape index (κ1) is 13.5. The van der Waals surface area contributed by atoms with E-state index in [-0.39, 0.29) is 17.2 Å². The van der Waals surface area contributed by atoms with Gasteiger partial charge in [0, 0.05) is 19.7 Å². The minimum absolute atomic E-state index is 0.145. The average Bonchev–Trinajstić information content (AvgIpc) is 2.68. The smallest absolute Gasteiger partial charge is 0.407 e. The van der Waals surface area contributed by atoms with Crippen molar-refractivity contribution in [3.63, 3.8) is 0 Å². The second kappa shape index (κ2) is 5.00. The van der Waals surface area contributed by atoms with Crippen molar-refractivity contribution in [2.75, 3.05) is 5.32 Å². The van der Waals surface area contributed by atoms with Gasteiger partial charge in [-0.05, 0) is 34.2 Å². The van der Waals surface area contributed by atoms with Gasteiger partial charge in [0.1, 0.15) is 0 Å². The molecule has 0 atom stereocenters. The lowest BCUT2D eigenvalue weighted by Crippen LogP contribution is -2.02. The van der Waals surface area contributed by atoms with Gasteiger partial charge in [-0.25, -0.2) is 4.79 Å². The van der Waals surface area contributed by atoms with E-state index in [0.29, 0.717) is 11.5 Å². The number of nitro groups is 1. The summed E-state index contributed by atoms with van der Waals surface area (Å²) in [6.07, 6.45) is 0. The molecule has 2 N–H and O–H groups in total. The Bertz CT molecular complexity index is 676. The zero-order valence-corrected chi connectivity index (χ0v) is 10.8. The van der Waals surface area contributed by atoms with Gasteiger partial charge in [0.05, 0.1) is 5.56 Å². The highest BCUT2D eigenvalue weighted by Gasteiger charge is 2.23. The predicted octanol–water partition coefficient (Wildman–Crippen LogP) is 2.08. The summed E-state index contributed by atoms with van der Waals surface area (Å²) in [4.78, 5) is 25.0. The Morgan fingerprint density at radius 2 is 2.00 bits per heavy atom. The summed E-state index contributed by atoms with van der Waals surface area (Å²) in [6, 6.07) is 5.91. The molecule has 0 unspecified atom stereocenters. The molecule has 0 aliphatic heterocycles. The number of carbonyl (C=O) groups is 1. The summed E-state index contributed by atoms with van der Waals surface area (Å²) in [5.74, 6) is -0.553. The Morgan fingerprint density at radius 3 is 2.50 bits per heavy atom. The summed E-state index contributed by atoms with van der Waals surface area (Å²) in [6.45, 7) is 1.66. The van der Waals surface area contributed by atoms with Gasteiger partial charge < -0.3 is 20.5 Å². The van der Waals surface area contributed by atoms with Crippen LogP contribution in [0.25, 0.3) is 0 Å². The third kappa shape index (κ3) is 2.44. The van der Waals surface area contributed by atoms with Crippen molar-refractivity contribution in [1.82, 2.24) is 9.55 Å². The summed E-state index contributed by atoms with van der Waals surface area (Å²) in [5.41, 5.74) is 0.687. The molecule has 0 aliphatic rings. The number of anilines is 2. The van der Waals surface area contributed by atoms with Crippen molar-refractivity contribution in [2.45, 2.75) is 6.92 Å². The van der Waals surface area contributed by atoms with Crippen LogP contribution in [-0.4, -0.2) is 25.6 Å². The first-order chi connectivity index (χ1) is 9.40. The highest BCUT2D eigenvalue weighted by atomic mass is 16.6. The van der Waals surface area contributed by atoms with Crippen LogP contribution in [-0.2, 0) is 7.05 Å². The van der Waals surface area contributed by atoms with Crippen molar-refractivity contribution in [2.24, 2.45) is 7.05 Å². The Morgan fingerprint density at radius 1 is 1.40 bits per heavy atom. The number of carboxylic acids is 1. The highest BCUT2D eigenvalue weighted by Crippen LogP contribution is 2.27. The molecule has 2 aromatic rings. The molecule has 1 aromatic heterocycles. The lowest BCUT2D eigenvalue weighted by Gasteiger charge is -2.06. The molecule has 0 bridgehead atoms. The zero-order chi connectivity index (χ0) is 14.9. The molecule has 8 heteroatoms. The highest BCUT2D eigenvalue weighted by molar-refractivity contribution is 5.88. The standard InChI is InChI=1S/C12H12N4O4/c1-7-13-11(16(19)20)10(15(7)2)14-9-5-3-8(4-6-9)12(17)18/h3-6,14H,1-2H3,(H,17,18). The monoisotopic (exact) mass is 276 g/mol. The molecule has 0 spiro atoms. The molecule has 1 aromatic carbocycles. The van der Waals surface area contributed by atoms with E-state index in [0.717, 1.165) is 0 Å². The van der Waals surface area contributed by atoms with Crippen molar-refractivity contribution in [3.05, 3.63) is 45.8 Å². The number of hydrogen-bond acceptors (Lipinski definition) is 5. The number of carboxylic acid groups (broad SMARTS) is 1. The molecule has 0 aliphatic carbocycles. The summed E-state index contributed by atoms with van der Waals surface area (Å²) in [7, 11) is 1.66. The first-order valence-corrected chi connectivity index (χ1v) is 5.68.